The van der Waals surface area contributed by atoms with Crippen LogP contribution in [0.25, 0.3) is 0 Å². The maximum absolute atomic E-state index is 7.21. The van der Waals surface area contributed by atoms with Crippen LogP contribution in [-0.4, -0.2) is 28.8 Å². The van der Waals surface area contributed by atoms with E-state index in [0.717, 1.165) is 31.0 Å². The summed E-state index contributed by atoms with van der Waals surface area (Å²) in [4.78, 5) is 6.70. The molecule has 0 aromatic carbocycles. The molecule has 0 aliphatic carbocycles. The highest BCUT2D eigenvalue weighted by atomic mass is 15.1. The zero-order valence-corrected chi connectivity index (χ0v) is 10.0. The van der Waals surface area contributed by atoms with Crippen LogP contribution in [-0.2, 0) is 6.54 Å². The summed E-state index contributed by atoms with van der Waals surface area (Å²) in [6.07, 6.45) is 0.625. The Balaban J connectivity index is 2.52. The molecular formula is C12H20N4. The number of nitrogens with two attached hydrogens (primary N) is 1. The van der Waals surface area contributed by atoms with E-state index in [0.29, 0.717) is 6.42 Å². The number of hydrogen-bond donors (Lipinski definition) is 2. The van der Waals surface area contributed by atoms with Crippen LogP contribution in [0.3, 0.4) is 0 Å². The van der Waals surface area contributed by atoms with E-state index in [9.17, 15) is 0 Å². The van der Waals surface area contributed by atoms with Crippen molar-refractivity contribution in [1.29, 1.82) is 5.41 Å². The number of aromatic nitrogens is 1. The molecule has 0 amide bonds. The van der Waals surface area contributed by atoms with Crippen molar-refractivity contribution >= 4 is 5.84 Å². The van der Waals surface area contributed by atoms with Crippen molar-refractivity contribution in [2.75, 3.05) is 13.1 Å². The Morgan fingerprint density at radius 2 is 2.25 bits per heavy atom. The summed E-state index contributed by atoms with van der Waals surface area (Å²) in [7, 11) is 0. The zero-order chi connectivity index (χ0) is 12.0. The van der Waals surface area contributed by atoms with Gasteiger partial charge in [0, 0.05) is 25.2 Å². The first-order valence-electron chi connectivity index (χ1n) is 5.59. The van der Waals surface area contributed by atoms with Gasteiger partial charge in [-0.1, -0.05) is 13.0 Å². The van der Waals surface area contributed by atoms with Crippen molar-refractivity contribution in [1.82, 2.24) is 9.88 Å². The SMILES string of the molecule is CCN(CCC(=N)N)Cc1cccc(C)n1. The van der Waals surface area contributed by atoms with Gasteiger partial charge in [-0.05, 0) is 25.6 Å². The van der Waals surface area contributed by atoms with Gasteiger partial charge in [0.2, 0.25) is 0 Å². The van der Waals surface area contributed by atoms with Crippen molar-refractivity contribution in [2.45, 2.75) is 26.8 Å². The fraction of sp³-hybridized carbons (Fsp3) is 0.500. The summed E-state index contributed by atoms with van der Waals surface area (Å²) in [6.45, 7) is 6.70. The molecule has 1 heterocycles. The van der Waals surface area contributed by atoms with Gasteiger partial charge >= 0.3 is 0 Å². The second kappa shape index (κ2) is 6.23. The van der Waals surface area contributed by atoms with Crippen LogP contribution in [0, 0.1) is 12.3 Å². The molecule has 0 atom stereocenters. The summed E-state index contributed by atoms with van der Waals surface area (Å²) in [5.74, 6) is 0.246. The third kappa shape index (κ3) is 4.40. The van der Waals surface area contributed by atoms with Crippen molar-refractivity contribution < 1.29 is 0 Å². The van der Waals surface area contributed by atoms with Gasteiger partial charge in [-0.3, -0.25) is 15.3 Å². The minimum absolute atomic E-state index is 0.246. The molecule has 0 radical (unpaired) electrons. The van der Waals surface area contributed by atoms with Gasteiger partial charge in [-0.25, -0.2) is 0 Å². The molecule has 0 bridgehead atoms. The van der Waals surface area contributed by atoms with E-state index >= 15 is 0 Å². The number of nitrogens with one attached hydrogen (secondary N) is 1. The smallest absolute Gasteiger partial charge is 0.0918 e. The molecule has 16 heavy (non-hydrogen) atoms. The normalized spacial score (nSPS) is 10.7. The molecule has 0 aliphatic heterocycles. The quantitative estimate of drug-likeness (QED) is 0.564. The van der Waals surface area contributed by atoms with Crippen molar-refractivity contribution in [3.8, 4) is 0 Å². The van der Waals surface area contributed by atoms with Gasteiger partial charge in [0.1, 0.15) is 0 Å². The number of hydrogen-bond acceptors (Lipinski definition) is 3. The first kappa shape index (κ1) is 12.6. The van der Waals surface area contributed by atoms with Crippen molar-refractivity contribution in [3.63, 3.8) is 0 Å². The molecule has 0 saturated carbocycles. The van der Waals surface area contributed by atoms with Crippen LogP contribution in [0.2, 0.25) is 0 Å². The van der Waals surface area contributed by atoms with Gasteiger partial charge in [0.25, 0.3) is 0 Å². The molecule has 88 valence electrons. The van der Waals surface area contributed by atoms with Crippen LogP contribution in [0.5, 0.6) is 0 Å². The summed E-state index contributed by atoms with van der Waals surface area (Å²) < 4.78 is 0. The Kier molecular flexibility index (Phi) is 4.92. The average Bonchev–Trinajstić information content (AvgIpc) is 2.24. The first-order chi connectivity index (χ1) is 7.61. The molecule has 0 fully saturated rings. The van der Waals surface area contributed by atoms with Gasteiger partial charge in [-0.15, -0.1) is 0 Å². The zero-order valence-electron chi connectivity index (χ0n) is 10.0. The average molecular weight is 220 g/mol. The fourth-order valence-electron chi connectivity index (χ4n) is 1.54. The van der Waals surface area contributed by atoms with Gasteiger partial charge in [0.05, 0.1) is 11.5 Å². The Morgan fingerprint density at radius 1 is 1.50 bits per heavy atom. The number of aryl methyl sites for hydroxylation is 1. The Hall–Kier alpha value is -1.42. The molecule has 1 aromatic rings. The summed E-state index contributed by atoms with van der Waals surface area (Å²) >= 11 is 0. The van der Waals surface area contributed by atoms with E-state index in [1.807, 2.05) is 25.1 Å². The summed E-state index contributed by atoms with van der Waals surface area (Å²) in [5.41, 5.74) is 7.47. The number of pyridine rings is 1. The number of nitrogens with zero attached hydrogens (tertiary/aromatic N) is 2. The molecule has 0 aliphatic rings. The monoisotopic (exact) mass is 220 g/mol. The highest BCUT2D eigenvalue weighted by Crippen LogP contribution is 2.03. The van der Waals surface area contributed by atoms with Crippen LogP contribution < -0.4 is 5.73 Å². The lowest BCUT2D eigenvalue weighted by atomic mass is 10.2. The molecule has 0 spiro atoms. The summed E-state index contributed by atoms with van der Waals surface area (Å²) in [5, 5.41) is 7.21. The third-order valence-electron chi connectivity index (χ3n) is 2.48. The Bertz CT molecular complexity index is 349. The first-order valence-corrected chi connectivity index (χ1v) is 5.59. The number of amidine groups is 1. The topological polar surface area (TPSA) is 66.0 Å². The second-order valence-electron chi connectivity index (χ2n) is 3.91. The second-order valence-corrected chi connectivity index (χ2v) is 3.91. The van der Waals surface area contributed by atoms with Crippen LogP contribution in [0.1, 0.15) is 24.7 Å². The van der Waals surface area contributed by atoms with Crippen LogP contribution in [0.15, 0.2) is 18.2 Å². The van der Waals surface area contributed by atoms with Gasteiger partial charge < -0.3 is 5.73 Å². The van der Waals surface area contributed by atoms with E-state index in [1.54, 1.807) is 0 Å². The Morgan fingerprint density at radius 3 is 2.81 bits per heavy atom. The van der Waals surface area contributed by atoms with E-state index in [2.05, 4.69) is 16.8 Å². The molecule has 4 heteroatoms. The van der Waals surface area contributed by atoms with Crippen molar-refractivity contribution in [2.24, 2.45) is 5.73 Å². The highest BCUT2D eigenvalue weighted by molar-refractivity contribution is 5.76. The predicted molar refractivity (Wildman–Crippen MR) is 66.5 cm³/mol. The van der Waals surface area contributed by atoms with E-state index in [1.165, 1.54) is 0 Å². The molecule has 1 aromatic heterocycles. The third-order valence-corrected chi connectivity index (χ3v) is 2.48. The molecular weight excluding hydrogens is 200 g/mol. The lowest BCUT2D eigenvalue weighted by Crippen LogP contribution is -2.27. The van der Waals surface area contributed by atoms with Crippen molar-refractivity contribution in [3.05, 3.63) is 29.6 Å². The molecule has 0 saturated heterocycles. The molecule has 0 unspecified atom stereocenters. The molecule has 1 rings (SSSR count). The van der Waals surface area contributed by atoms with Gasteiger partial charge in [-0.2, -0.15) is 0 Å². The predicted octanol–water partition coefficient (Wildman–Crippen LogP) is 1.54. The number of rotatable bonds is 6. The molecule has 4 nitrogen and oxygen atoms in total. The fourth-order valence-corrected chi connectivity index (χ4v) is 1.54. The van der Waals surface area contributed by atoms with E-state index in [-0.39, 0.29) is 5.84 Å². The Labute approximate surface area is 97.0 Å². The maximum atomic E-state index is 7.21. The molecule has 3 N–H and O–H groups in total. The lowest BCUT2D eigenvalue weighted by Gasteiger charge is -2.19. The van der Waals surface area contributed by atoms with Crippen LogP contribution in [0.4, 0.5) is 0 Å². The minimum atomic E-state index is 0.246. The largest absolute Gasteiger partial charge is 0.388 e. The highest BCUT2D eigenvalue weighted by Gasteiger charge is 2.05. The lowest BCUT2D eigenvalue weighted by molar-refractivity contribution is 0.284. The van der Waals surface area contributed by atoms with E-state index in [4.69, 9.17) is 11.1 Å². The standard InChI is InChI=1S/C12H20N4/c1-3-16(8-7-12(13)14)9-11-6-4-5-10(2)15-11/h4-6H,3,7-9H2,1-2H3,(H3,13,14). The van der Waals surface area contributed by atoms with Crippen LogP contribution >= 0.6 is 0 Å². The summed E-state index contributed by atoms with van der Waals surface area (Å²) in [6, 6.07) is 6.05. The van der Waals surface area contributed by atoms with Gasteiger partial charge in [0.15, 0.2) is 0 Å². The van der Waals surface area contributed by atoms with E-state index < -0.39 is 0 Å². The minimum Gasteiger partial charge on any atom is -0.388 e. The maximum Gasteiger partial charge on any atom is 0.0918 e.